The monoisotopic (exact) mass is 345 g/mol. The van der Waals surface area contributed by atoms with Crippen LogP contribution in [0.2, 0.25) is 5.02 Å². The molecule has 0 amide bonds. The summed E-state index contributed by atoms with van der Waals surface area (Å²) < 4.78 is 18.5. The molecule has 0 saturated carbocycles. The van der Waals surface area contributed by atoms with Crippen molar-refractivity contribution < 1.29 is 19.0 Å². The van der Waals surface area contributed by atoms with Crippen LogP contribution in [-0.4, -0.2) is 43.1 Å². The molecule has 0 aliphatic carbocycles. The molecular formula is C17H18ClFLiNO3. The van der Waals surface area contributed by atoms with Gasteiger partial charge in [-0.25, -0.2) is 9.18 Å². The topological polar surface area (TPSA) is 49.8 Å². The van der Waals surface area contributed by atoms with Crippen molar-refractivity contribution in [3.05, 3.63) is 58.9 Å². The van der Waals surface area contributed by atoms with Gasteiger partial charge in [0.2, 0.25) is 0 Å². The summed E-state index contributed by atoms with van der Waals surface area (Å²) in [7, 11) is 1.57. The van der Waals surface area contributed by atoms with Crippen LogP contribution in [0, 0.1) is 5.82 Å². The molecule has 0 radical (unpaired) electrons. The average Bonchev–Trinajstić information content (AvgIpc) is 2.54. The quantitative estimate of drug-likeness (QED) is 0.816. The van der Waals surface area contributed by atoms with Gasteiger partial charge in [0.15, 0.2) is 0 Å². The van der Waals surface area contributed by atoms with Crippen LogP contribution < -0.4 is 9.64 Å². The van der Waals surface area contributed by atoms with Crippen molar-refractivity contribution in [2.75, 3.05) is 12.0 Å². The molecule has 0 saturated heterocycles. The number of ether oxygens (including phenoxy) is 1. The Labute approximate surface area is 157 Å². The Hall–Kier alpha value is -1.67. The molecule has 0 spiro atoms. The van der Waals surface area contributed by atoms with Crippen LogP contribution in [0.15, 0.2) is 42.5 Å². The van der Waals surface area contributed by atoms with Crippen LogP contribution in [0.4, 0.5) is 10.1 Å². The molecule has 2 aromatic rings. The van der Waals surface area contributed by atoms with Crippen molar-refractivity contribution in [3.8, 4) is 5.75 Å². The van der Waals surface area contributed by atoms with Gasteiger partial charge >= 0.3 is 24.8 Å². The maximum absolute atomic E-state index is 13.4. The number of anilines is 1. The van der Waals surface area contributed by atoms with E-state index in [0.29, 0.717) is 18.0 Å². The number of halogens is 2. The third kappa shape index (κ3) is 4.91. The maximum atomic E-state index is 13.4. The average molecular weight is 346 g/mol. The fourth-order valence-electron chi connectivity index (χ4n) is 2.22. The molecule has 2 aromatic carbocycles. The Bertz CT molecular complexity index is 714. The number of carbonyl (C=O) groups is 1. The number of aliphatic carboxylic acids is 1. The Morgan fingerprint density at radius 3 is 2.62 bits per heavy atom. The van der Waals surface area contributed by atoms with E-state index in [2.05, 4.69) is 0 Å². The normalized spacial score (nSPS) is 11.3. The summed E-state index contributed by atoms with van der Waals surface area (Å²) in [5.74, 6) is -0.837. The van der Waals surface area contributed by atoms with E-state index in [4.69, 9.17) is 16.3 Å². The number of carboxylic acid groups (broad SMARTS) is 1. The number of nitrogens with zero attached hydrogens (tertiary/aromatic N) is 1. The number of rotatable bonds is 6. The summed E-state index contributed by atoms with van der Waals surface area (Å²) in [5.41, 5.74) is 1.41. The first-order chi connectivity index (χ1) is 10.9. The minimum atomic E-state index is -0.978. The summed E-state index contributed by atoms with van der Waals surface area (Å²) in [4.78, 5) is 13.0. The van der Waals surface area contributed by atoms with Crippen LogP contribution in [0.5, 0.6) is 5.75 Å². The van der Waals surface area contributed by atoms with E-state index in [0.717, 1.165) is 5.56 Å². The first-order valence-corrected chi connectivity index (χ1v) is 7.37. The number of methoxy groups -OCH3 is 1. The van der Waals surface area contributed by atoms with Gasteiger partial charge in [-0.05, 0) is 42.8 Å². The van der Waals surface area contributed by atoms with E-state index >= 15 is 0 Å². The van der Waals surface area contributed by atoms with E-state index in [-0.39, 0.29) is 23.9 Å². The minimum absolute atomic E-state index is 0. The van der Waals surface area contributed by atoms with Crippen LogP contribution in [0.1, 0.15) is 12.5 Å². The molecule has 0 fully saturated rings. The third-order valence-electron chi connectivity index (χ3n) is 3.55. The van der Waals surface area contributed by atoms with Gasteiger partial charge in [-0.15, -0.1) is 0 Å². The molecule has 0 unspecified atom stereocenters. The zero-order chi connectivity index (χ0) is 17.0. The summed E-state index contributed by atoms with van der Waals surface area (Å²) in [6.07, 6.45) is 0. The fourth-order valence-corrected chi connectivity index (χ4v) is 2.39. The molecular weight excluding hydrogens is 328 g/mol. The van der Waals surface area contributed by atoms with Crippen molar-refractivity contribution in [1.82, 2.24) is 0 Å². The first-order valence-electron chi connectivity index (χ1n) is 7.00. The van der Waals surface area contributed by atoms with E-state index in [1.165, 1.54) is 18.2 Å². The molecule has 1 N–H and O–H groups in total. The molecule has 7 heteroatoms. The molecule has 0 aliphatic heterocycles. The molecule has 24 heavy (non-hydrogen) atoms. The second-order valence-electron chi connectivity index (χ2n) is 5.09. The van der Waals surface area contributed by atoms with Gasteiger partial charge in [0.05, 0.1) is 12.1 Å². The van der Waals surface area contributed by atoms with Crippen molar-refractivity contribution in [3.63, 3.8) is 0 Å². The van der Waals surface area contributed by atoms with Gasteiger partial charge in [0.25, 0.3) is 0 Å². The number of benzene rings is 2. The fraction of sp³-hybridized carbons (Fsp3) is 0.235. The van der Waals surface area contributed by atoms with E-state index in [1.807, 2.05) is 24.3 Å². The van der Waals surface area contributed by atoms with Gasteiger partial charge in [0.1, 0.15) is 17.6 Å². The van der Waals surface area contributed by atoms with Gasteiger partial charge in [-0.3, -0.25) is 0 Å². The summed E-state index contributed by atoms with van der Waals surface area (Å²) >= 11 is 5.82. The first kappa shape index (κ1) is 20.4. The zero-order valence-electron chi connectivity index (χ0n) is 12.8. The SMILES string of the molecule is COc1cccc(CN(c2ccc(F)c(Cl)c2)[C@@H](C)C(=O)O)c1.[LiH]. The van der Waals surface area contributed by atoms with Crippen LogP contribution in [-0.2, 0) is 11.3 Å². The standard InChI is InChI=1S/C17H17ClFNO3.Li.H/c1-11(17(21)22)20(13-6-7-16(19)15(18)9-13)10-12-4-3-5-14(8-12)23-2;;/h3-9,11H,10H2,1-2H3,(H,21,22);;/t11-;;/m0../s1. The third-order valence-corrected chi connectivity index (χ3v) is 3.84. The van der Waals surface area contributed by atoms with Crippen molar-refractivity contribution in [2.45, 2.75) is 19.5 Å². The summed E-state index contributed by atoms with van der Waals surface area (Å²) in [6.45, 7) is 1.90. The van der Waals surface area contributed by atoms with E-state index in [1.54, 1.807) is 18.9 Å². The molecule has 2 rings (SSSR count). The molecule has 0 heterocycles. The van der Waals surface area contributed by atoms with Crippen LogP contribution in [0.25, 0.3) is 0 Å². The molecule has 0 aromatic heterocycles. The van der Waals surface area contributed by atoms with Gasteiger partial charge in [0, 0.05) is 12.2 Å². The van der Waals surface area contributed by atoms with Crippen molar-refractivity contribution in [1.29, 1.82) is 0 Å². The number of carboxylic acids is 1. The van der Waals surface area contributed by atoms with Gasteiger partial charge in [-0.1, -0.05) is 23.7 Å². The number of hydrogen-bond acceptors (Lipinski definition) is 3. The number of hydrogen-bond donors (Lipinski definition) is 1. The molecule has 0 bridgehead atoms. The predicted octanol–water partition coefficient (Wildman–Crippen LogP) is 3.32. The molecule has 4 nitrogen and oxygen atoms in total. The second kappa shape index (κ2) is 8.98. The molecule has 1 atom stereocenters. The van der Waals surface area contributed by atoms with Gasteiger partial charge in [-0.2, -0.15) is 0 Å². The molecule has 124 valence electrons. The summed E-state index contributed by atoms with van der Waals surface area (Å²) in [6, 6.07) is 10.7. The van der Waals surface area contributed by atoms with Gasteiger partial charge < -0.3 is 14.7 Å². The summed E-state index contributed by atoms with van der Waals surface area (Å²) in [5, 5.41) is 9.30. The van der Waals surface area contributed by atoms with E-state index < -0.39 is 17.8 Å². The Kier molecular flexibility index (Phi) is 7.62. The Morgan fingerprint density at radius 2 is 2.04 bits per heavy atom. The van der Waals surface area contributed by atoms with Crippen molar-refractivity contribution in [2.24, 2.45) is 0 Å². The molecule has 0 aliphatic rings. The second-order valence-corrected chi connectivity index (χ2v) is 5.50. The van der Waals surface area contributed by atoms with Crippen LogP contribution >= 0.6 is 11.6 Å². The van der Waals surface area contributed by atoms with Crippen LogP contribution in [0.3, 0.4) is 0 Å². The predicted molar refractivity (Wildman–Crippen MR) is 94.8 cm³/mol. The Balaban J connectivity index is 0.00000288. The van der Waals surface area contributed by atoms with Crippen molar-refractivity contribution >= 4 is 42.1 Å². The Morgan fingerprint density at radius 1 is 1.33 bits per heavy atom. The zero-order valence-corrected chi connectivity index (χ0v) is 13.5. The van der Waals surface area contributed by atoms with E-state index in [9.17, 15) is 14.3 Å².